The molecule has 12 nitrogen and oxygen atoms in total. The van der Waals surface area contributed by atoms with Crippen LogP contribution in [0.3, 0.4) is 0 Å². The molecule has 1 aromatic heterocycles. The van der Waals surface area contributed by atoms with Crippen LogP contribution in [-0.4, -0.2) is 91.2 Å². The number of allylic oxidation sites excluding steroid dienone is 1. The van der Waals surface area contributed by atoms with Crippen molar-refractivity contribution in [3.63, 3.8) is 0 Å². The van der Waals surface area contributed by atoms with E-state index in [-0.39, 0.29) is 36.1 Å². The van der Waals surface area contributed by atoms with Gasteiger partial charge in [0, 0.05) is 25.2 Å². The standard InChI is InChI=1S/C15H23N3O3.C12H20N2O4.C7H8.C3H6.C2H6/c1-11(8-12-2-3-12)16-15(19)14-9-13(21-17-14)10-18-4-6-20-7-5-18;1-8(2)4-9(11(17)12(3)6-18-12)14-10(16)5-13-7-15;1-7-5-3-2-4-6-7;1-3-2;1-2/h9,11-12H,2-8,10H2,1H3,(H,16,19);7-9H,4-6H2,1-3H3,(H,13,15)(H,14,16);2-6H,1H3;3H,1H2,2H3;1-2H3/t11-;9-,12+;;;/m10.../s1. The third-order valence-corrected chi connectivity index (χ3v) is 7.78. The number of carbonyl (C=O) groups is 4. The van der Waals surface area contributed by atoms with E-state index in [2.05, 4.69) is 51.6 Å². The summed E-state index contributed by atoms with van der Waals surface area (Å²) in [7, 11) is 0. The van der Waals surface area contributed by atoms with Crippen LogP contribution in [0.25, 0.3) is 0 Å². The summed E-state index contributed by atoms with van der Waals surface area (Å²) in [6.07, 6.45) is 6.42. The van der Waals surface area contributed by atoms with Crippen LogP contribution < -0.4 is 16.0 Å². The molecule has 2 aromatic rings. The Hall–Kier alpha value is -3.87. The minimum atomic E-state index is -0.745. The summed E-state index contributed by atoms with van der Waals surface area (Å²) in [5.74, 6) is 1.20. The lowest BCUT2D eigenvalue weighted by atomic mass is 9.93. The molecule has 0 radical (unpaired) electrons. The first-order valence-electron chi connectivity index (χ1n) is 18.2. The number of Topliss-reactive ketones (excluding diaryl/α,β-unsaturated/α-hetero) is 1. The molecule has 51 heavy (non-hydrogen) atoms. The van der Waals surface area contributed by atoms with Crippen molar-refractivity contribution in [2.75, 3.05) is 39.5 Å². The number of nitrogens with zero attached hydrogens (tertiary/aromatic N) is 2. The van der Waals surface area contributed by atoms with Crippen molar-refractivity contribution in [2.45, 2.75) is 105 Å². The van der Waals surface area contributed by atoms with E-state index in [0.717, 1.165) is 44.4 Å². The van der Waals surface area contributed by atoms with Crippen molar-refractivity contribution in [1.29, 1.82) is 0 Å². The summed E-state index contributed by atoms with van der Waals surface area (Å²) in [5, 5.41) is 11.8. The molecule has 3 atom stereocenters. The number of ether oxygens (including phenoxy) is 2. The zero-order chi connectivity index (χ0) is 38.2. The van der Waals surface area contributed by atoms with Crippen LogP contribution in [-0.2, 0) is 30.4 Å². The number of aryl methyl sites for hydroxylation is 1. The van der Waals surface area contributed by atoms with Gasteiger partial charge in [-0.05, 0) is 52.4 Å². The highest BCUT2D eigenvalue weighted by Crippen LogP contribution is 2.33. The fourth-order valence-corrected chi connectivity index (χ4v) is 4.92. The fourth-order valence-electron chi connectivity index (χ4n) is 4.92. The average Bonchev–Trinajstić information content (AvgIpc) is 4.03. The van der Waals surface area contributed by atoms with Crippen LogP contribution in [0.1, 0.15) is 96.0 Å². The Kier molecular flexibility index (Phi) is 22.3. The van der Waals surface area contributed by atoms with E-state index in [9.17, 15) is 19.2 Å². The number of hydrogen-bond donors (Lipinski definition) is 3. The molecule has 1 aliphatic carbocycles. The smallest absolute Gasteiger partial charge is 0.273 e. The highest BCUT2D eigenvalue weighted by molar-refractivity contribution is 5.96. The zero-order valence-electron chi connectivity index (χ0n) is 32.2. The van der Waals surface area contributed by atoms with E-state index in [1.54, 1.807) is 19.1 Å². The van der Waals surface area contributed by atoms with Crippen LogP contribution in [0.4, 0.5) is 0 Å². The second-order valence-electron chi connectivity index (χ2n) is 13.3. The molecule has 3 amide bonds. The fraction of sp³-hybridized carbons (Fsp3) is 0.615. The molecule has 1 saturated carbocycles. The molecule has 1 aromatic carbocycles. The van der Waals surface area contributed by atoms with Gasteiger partial charge < -0.3 is 29.9 Å². The van der Waals surface area contributed by atoms with E-state index in [4.69, 9.17) is 14.0 Å². The van der Waals surface area contributed by atoms with E-state index in [0.29, 0.717) is 31.7 Å². The van der Waals surface area contributed by atoms with E-state index in [1.165, 1.54) is 18.4 Å². The molecular weight excluding hydrogens is 650 g/mol. The summed E-state index contributed by atoms with van der Waals surface area (Å²) < 4.78 is 15.7. The lowest BCUT2D eigenvalue weighted by molar-refractivity contribution is -0.130. The maximum absolute atomic E-state index is 12.1. The first-order chi connectivity index (χ1) is 24.4. The number of hydrogen-bond acceptors (Lipinski definition) is 9. The Balaban J connectivity index is 0.000000391. The van der Waals surface area contributed by atoms with Crippen molar-refractivity contribution in [3.05, 3.63) is 66.1 Å². The lowest BCUT2D eigenvalue weighted by Crippen LogP contribution is -2.48. The molecule has 0 spiro atoms. The quantitative estimate of drug-likeness (QED) is 0.135. The third-order valence-electron chi connectivity index (χ3n) is 7.78. The Morgan fingerprint density at radius 3 is 2.18 bits per heavy atom. The molecule has 2 saturated heterocycles. The number of aromatic nitrogens is 1. The van der Waals surface area contributed by atoms with Crippen molar-refractivity contribution < 1.29 is 33.2 Å². The van der Waals surface area contributed by atoms with Gasteiger partial charge in [-0.1, -0.05) is 87.7 Å². The molecule has 2 aliphatic heterocycles. The molecule has 0 bridgehead atoms. The molecule has 12 heteroatoms. The number of benzene rings is 1. The van der Waals surface area contributed by atoms with E-state index < -0.39 is 11.6 Å². The van der Waals surface area contributed by atoms with Gasteiger partial charge in [0.15, 0.2) is 17.2 Å². The van der Waals surface area contributed by atoms with Crippen LogP contribution in [0, 0.1) is 18.8 Å². The van der Waals surface area contributed by atoms with Gasteiger partial charge in [-0.2, -0.15) is 0 Å². The van der Waals surface area contributed by atoms with Gasteiger partial charge >= 0.3 is 0 Å². The second-order valence-corrected chi connectivity index (χ2v) is 13.3. The highest BCUT2D eigenvalue weighted by atomic mass is 16.6. The van der Waals surface area contributed by atoms with Crippen molar-refractivity contribution >= 4 is 24.0 Å². The topological polar surface area (TPSA) is 155 Å². The van der Waals surface area contributed by atoms with E-state index in [1.807, 2.05) is 59.7 Å². The van der Waals surface area contributed by atoms with Crippen LogP contribution in [0.2, 0.25) is 0 Å². The van der Waals surface area contributed by atoms with Crippen molar-refractivity contribution in [1.82, 2.24) is 26.0 Å². The zero-order valence-corrected chi connectivity index (χ0v) is 32.2. The number of carbonyl (C=O) groups excluding carboxylic acids is 4. The number of nitrogens with one attached hydrogen (secondary N) is 3. The summed E-state index contributed by atoms with van der Waals surface area (Å²) in [6.45, 7) is 23.3. The number of epoxide rings is 1. The molecule has 0 unspecified atom stereocenters. The summed E-state index contributed by atoms with van der Waals surface area (Å²) in [4.78, 5) is 48.1. The van der Waals surface area contributed by atoms with Gasteiger partial charge in [0.2, 0.25) is 12.3 Å². The maximum atomic E-state index is 12.1. The largest absolute Gasteiger partial charge is 0.379 e. The molecule has 5 rings (SSSR count). The predicted molar refractivity (Wildman–Crippen MR) is 200 cm³/mol. The van der Waals surface area contributed by atoms with Gasteiger partial charge in [0.25, 0.3) is 5.91 Å². The summed E-state index contributed by atoms with van der Waals surface area (Å²) >= 11 is 0. The predicted octanol–water partition coefficient (Wildman–Crippen LogP) is 5.26. The molecular formula is C39H63N5O7. The van der Waals surface area contributed by atoms with Crippen molar-refractivity contribution in [2.24, 2.45) is 11.8 Å². The van der Waals surface area contributed by atoms with E-state index >= 15 is 0 Å². The molecule has 3 N–H and O–H groups in total. The highest BCUT2D eigenvalue weighted by Gasteiger charge is 2.50. The van der Waals surface area contributed by atoms with Gasteiger partial charge in [-0.3, -0.25) is 24.1 Å². The minimum absolute atomic E-state index is 0.101. The Morgan fingerprint density at radius 1 is 1.08 bits per heavy atom. The first kappa shape index (κ1) is 45.2. The van der Waals surface area contributed by atoms with Crippen LogP contribution in [0.15, 0.2) is 53.6 Å². The molecule has 3 aliphatic rings. The SMILES string of the molecule is C=CC.CC.CC(C)C[C@H](NC(=O)CNC=O)C(=O)[C@@]1(C)CO1.C[C@H](CC1CC1)NC(=O)c1cc(CN2CCOCC2)on1.Cc1ccccc1. The van der Waals surface area contributed by atoms with Gasteiger partial charge in [0.05, 0.1) is 39.0 Å². The normalized spacial score (nSPS) is 18.5. The summed E-state index contributed by atoms with van der Waals surface area (Å²) in [5.41, 5.74) is 0.952. The van der Waals surface area contributed by atoms with Gasteiger partial charge in [-0.15, -0.1) is 6.58 Å². The molecule has 286 valence electrons. The van der Waals surface area contributed by atoms with Crippen LogP contribution in [0.5, 0.6) is 0 Å². The second kappa shape index (κ2) is 25.1. The number of rotatable bonds is 14. The monoisotopic (exact) mass is 713 g/mol. The maximum Gasteiger partial charge on any atom is 0.273 e. The van der Waals surface area contributed by atoms with Crippen LogP contribution >= 0.6 is 0 Å². The van der Waals surface area contributed by atoms with Gasteiger partial charge in [-0.25, -0.2) is 0 Å². The molecule has 3 heterocycles. The Bertz CT molecular complexity index is 1290. The summed E-state index contributed by atoms with van der Waals surface area (Å²) in [6, 6.07) is 11.6. The third kappa shape index (κ3) is 19.9. The Labute approximate surface area is 305 Å². The minimum Gasteiger partial charge on any atom is -0.379 e. The average molecular weight is 714 g/mol. The van der Waals surface area contributed by atoms with Crippen molar-refractivity contribution in [3.8, 4) is 0 Å². The number of amides is 3. The Morgan fingerprint density at radius 2 is 1.69 bits per heavy atom. The number of morpholine rings is 1. The number of ketones is 1. The van der Waals surface area contributed by atoms with Gasteiger partial charge in [0.1, 0.15) is 5.60 Å². The first-order valence-corrected chi connectivity index (χ1v) is 18.2. The lowest BCUT2D eigenvalue weighted by Gasteiger charge is -2.25. The molecule has 3 fully saturated rings.